The van der Waals surface area contributed by atoms with Crippen molar-refractivity contribution in [3.05, 3.63) is 87.7 Å². The van der Waals surface area contributed by atoms with Crippen molar-refractivity contribution < 1.29 is 19.0 Å². The first kappa shape index (κ1) is 26.2. The monoisotopic (exact) mass is 519 g/mol. The second-order valence-corrected chi connectivity index (χ2v) is 9.30. The van der Waals surface area contributed by atoms with E-state index >= 15 is 0 Å². The highest BCUT2D eigenvalue weighted by Gasteiger charge is 2.17. The summed E-state index contributed by atoms with van der Waals surface area (Å²) < 4.78 is 17.4. The summed E-state index contributed by atoms with van der Waals surface area (Å²) in [5.41, 5.74) is 3.47. The summed E-state index contributed by atoms with van der Waals surface area (Å²) in [6.07, 6.45) is 0. The summed E-state index contributed by atoms with van der Waals surface area (Å²) in [6, 6.07) is 18.4. The molecule has 0 atom stereocenters. The van der Waals surface area contributed by atoms with E-state index in [9.17, 15) is 9.59 Å². The zero-order chi connectivity index (χ0) is 26.4. The van der Waals surface area contributed by atoms with Crippen molar-refractivity contribution in [1.82, 2.24) is 14.9 Å². The number of hydrogen-bond acceptors (Lipinski definition) is 7. The molecule has 0 aliphatic carbocycles. The first-order valence-electron chi connectivity index (χ1n) is 11.7. The molecule has 0 saturated heterocycles. The van der Waals surface area contributed by atoms with Gasteiger partial charge in [-0.2, -0.15) is 0 Å². The van der Waals surface area contributed by atoms with Crippen LogP contribution in [0, 0.1) is 6.92 Å². The molecule has 0 radical (unpaired) electrons. The quantitative estimate of drug-likeness (QED) is 0.189. The van der Waals surface area contributed by atoms with Gasteiger partial charge in [-0.05, 0) is 30.7 Å². The van der Waals surface area contributed by atoms with Crippen LogP contribution in [0.3, 0.4) is 0 Å². The van der Waals surface area contributed by atoms with Crippen LogP contribution in [0.25, 0.3) is 16.6 Å². The molecule has 37 heavy (non-hydrogen) atoms. The number of methoxy groups -OCH3 is 3. The third kappa shape index (κ3) is 6.12. The minimum Gasteiger partial charge on any atom is -0.497 e. The van der Waals surface area contributed by atoms with Crippen molar-refractivity contribution in [3.63, 3.8) is 0 Å². The van der Waals surface area contributed by atoms with Crippen LogP contribution in [0.15, 0.2) is 70.6 Å². The van der Waals surface area contributed by atoms with E-state index in [-0.39, 0.29) is 11.5 Å². The molecule has 8 nitrogen and oxygen atoms in total. The van der Waals surface area contributed by atoms with Gasteiger partial charge in [0.2, 0.25) is 0 Å². The van der Waals surface area contributed by atoms with Crippen molar-refractivity contribution in [2.45, 2.75) is 17.8 Å². The highest BCUT2D eigenvalue weighted by atomic mass is 32.2. The summed E-state index contributed by atoms with van der Waals surface area (Å²) in [6.45, 7) is 2.84. The first-order valence-corrected chi connectivity index (χ1v) is 12.7. The van der Waals surface area contributed by atoms with Crippen LogP contribution in [-0.2, 0) is 10.5 Å². The van der Waals surface area contributed by atoms with Crippen molar-refractivity contribution in [2.75, 3.05) is 34.5 Å². The maximum atomic E-state index is 13.8. The third-order valence-electron chi connectivity index (χ3n) is 5.78. The minimum atomic E-state index is -0.253. The van der Waals surface area contributed by atoms with E-state index in [1.165, 1.54) is 17.3 Å². The van der Waals surface area contributed by atoms with E-state index in [2.05, 4.69) is 29.6 Å². The van der Waals surface area contributed by atoms with E-state index in [4.69, 9.17) is 19.2 Å². The second-order valence-electron chi connectivity index (χ2n) is 8.36. The van der Waals surface area contributed by atoms with E-state index in [0.717, 1.165) is 5.56 Å². The zero-order valence-electron chi connectivity index (χ0n) is 21.2. The lowest BCUT2D eigenvalue weighted by molar-refractivity contribution is 0.0937. The van der Waals surface area contributed by atoms with E-state index in [1.807, 2.05) is 6.92 Å². The Morgan fingerprint density at radius 3 is 2.32 bits per heavy atom. The molecule has 0 unspecified atom stereocenters. The van der Waals surface area contributed by atoms with Gasteiger partial charge in [-0.1, -0.05) is 41.6 Å². The Balaban J connectivity index is 1.82. The standard InChI is InChI=1S/C28H29N3O5S/c1-18-5-7-19(8-6-18)17-37-28-30-25-13-20(26(32)29-11-12-34-2)9-10-24(25)27(33)31(28)21-14-22(35-3)16-23(15-21)36-4/h5-10,13-16H,11-12,17H2,1-4H3,(H,29,32). The van der Waals surface area contributed by atoms with Crippen molar-refractivity contribution in [2.24, 2.45) is 0 Å². The number of fused-ring (bicyclic) bond motifs is 1. The molecule has 0 saturated carbocycles. The molecule has 0 aliphatic heterocycles. The minimum absolute atomic E-state index is 0.252. The lowest BCUT2D eigenvalue weighted by Gasteiger charge is -2.16. The van der Waals surface area contributed by atoms with Gasteiger partial charge in [-0.3, -0.25) is 14.2 Å². The molecule has 0 bridgehead atoms. The molecule has 1 N–H and O–H groups in total. The van der Waals surface area contributed by atoms with Gasteiger partial charge < -0.3 is 19.5 Å². The Bertz CT molecular complexity index is 1450. The normalized spacial score (nSPS) is 10.9. The predicted octanol–water partition coefficient (Wildman–Crippen LogP) is 4.38. The molecule has 1 heterocycles. The lowest BCUT2D eigenvalue weighted by Crippen LogP contribution is -2.27. The Kier molecular flexibility index (Phi) is 8.47. The molecule has 4 rings (SSSR count). The topological polar surface area (TPSA) is 91.7 Å². The maximum absolute atomic E-state index is 13.8. The number of nitrogens with zero attached hydrogens (tertiary/aromatic N) is 2. The summed E-state index contributed by atoms with van der Waals surface area (Å²) in [7, 11) is 4.70. The average Bonchev–Trinajstić information content (AvgIpc) is 2.92. The van der Waals surface area contributed by atoms with Crippen molar-refractivity contribution >= 4 is 28.6 Å². The summed E-state index contributed by atoms with van der Waals surface area (Å²) in [5.74, 6) is 1.46. The van der Waals surface area contributed by atoms with Crippen molar-refractivity contribution in [3.8, 4) is 17.2 Å². The highest BCUT2D eigenvalue weighted by molar-refractivity contribution is 7.98. The highest BCUT2D eigenvalue weighted by Crippen LogP contribution is 2.29. The number of benzene rings is 3. The largest absolute Gasteiger partial charge is 0.497 e. The van der Waals surface area contributed by atoms with Crippen LogP contribution in [0.2, 0.25) is 0 Å². The number of aromatic nitrogens is 2. The van der Waals surface area contributed by atoms with Gasteiger partial charge in [0.25, 0.3) is 11.5 Å². The lowest BCUT2D eigenvalue weighted by atomic mass is 10.1. The Morgan fingerprint density at radius 2 is 1.68 bits per heavy atom. The SMILES string of the molecule is COCCNC(=O)c1ccc2c(=O)n(-c3cc(OC)cc(OC)c3)c(SCc3ccc(C)cc3)nc2c1. The average molecular weight is 520 g/mol. The fourth-order valence-corrected chi connectivity index (χ4v) is 4.72. The second kappa shape index (κ2) is 11.9. The van der Waals surface area contributed by atoms with Crippen molar-refractivity contribution in [1.29, 1.82) is 0 Å². The number of hydrogen-bond donors (Lipinski definition) is 1. The molecular weight excluding hydrogens is 490 g/mol. The number of carbonyl (C=O) groups excluding carboxylic acids is 1. The molecule has 3 aromatic carbocycles. The van der Waals surface area contributed by atoms with E-state index in [0.29, 0.717) is 57.7 Å². The van der Waals surface area contributed by atoms with Crippen LogP contribution >= 0.6 is 11.8 Å². The van der Waals surface area contributed by atoms with Crippen LogP contribution in [0.4, 0.5) is 0 Å². The van der Waals surface area contributed by atoms with E-state index in [1.54, 1.807) is 62.3 Å². The molecular formula is C28H29N3O5S. The predicted molar refractivity (Wildman–Crippen MR) is 145 cm³/mol. The number of ether oxygens (including phenoxy) is 3. The van der Waals surface area contributed by atoms with Crippen LogP contribution in [0.5, 0.6) is 11.5 Å². The Morgan fingerprint density at radius 1 is 0.973 bits per heavy atom. The fourth-order valence-electron chi connectivity index (χ4n) is 3.75. The molecule has 0 spiro atoms. The third-order valence-corrected chi connectivity index (χ3v) is 6.79. The van der Waals surface area contributed by atoms with Gasteiger partial charge in [0.15, 0.2) is 5.16 Å². The smallest absolute Gasteiger partial charge is 0.266 e. The summed E-state index contributed by atoms with van der Waals surface area (Å²) >= 11 is 1.44. The van der Waals surface area contributed by atoms with Gasteiger partial charge in [-0.25, -0.2) is 4.98 Å². The van der Waals surface area contributed by atoms with Gasteiger partial charge in [-0.15, -0.1) is 0 Å². The summed E-state index contributed by atoms with van der Waals surface area (Å²) in [5, 5.41) is 3.69. The number of aryl methyl sites for hydroxylation is 1. The van der Waals surface area contributed by atoms with Gasteiger partial charge in [0, 0.05) is 43.2 Å². The molecule has 0 fully saturated rings. The number of amides is 1. The van der Waals surface area contributed by atoms with Crippen LogP contribution < -0.4 is 20.3 Å². The molecule has 192 valence electrons. The van der Waals surface area contributed by atoms with Gasteiger partial charge in [0.05, 0.1) is 37.4 Å². The van der Waals surface area contributed by atoms with E-state index < -0.39 is 0 Å². The van der Waals surface area contributed by atoms with Gasteiger partial charge in [0.1, 0.15) is 11.5 Å². The van der Waals surface area contributed by atoms with Crippen LogP contribution in [-0.4, -0.2) is 49.9 Å². The number of nitrogens with one attached hydrogen (secondary N) is 1. The molecule has 9 heteroatoms. The number of rotatable bonds is 10. The number of thioether (sulfide) groups is 1. The molecule has 1 amide bonds. The zero-order valence-corrected chi connectivity index (χ0v) is 22.1. The molecule has 4 aromatic rings. The molecule has 1 aromatic heterocycles. The fraction of sp³-hybridized carbons (Fsp3) is 0.250. The Labute approximate surface area is 219 Å². The molecule has 0 aliphatic rings. The van der Waals surface area contributed by atoms with Crippen LogP contribution in [0.1, 0.15) is 21.5 Å². The maximum Gasteiger partial charge on any atom is 0.266 e. The van der Waals surface area contributed by atoms with Gasteiger partial charge >= 0.3 is 0 Å². The Hall–Kier alpha value is -3.82. The number of carbonyl (C=O) groups is 1. The first-order chi connectivity index (χ1) is 17.9. The summed E-state index contributed by atoms with van der Waals surface area (Å²) in [4.78, 5) is 31.2.